The van der Waals surface area contributed by atoms with E-state index in [4.69, 9.17) is 26.1 Å². The average Bonchev–Trinajstić information content (AvgIpc) is 3.43. The Morgan fingerprint density at radius 2 is 1.97 bits per heavy atom. The summed E-state index contributed by atoms with van der Waals surface area (Å²) in [4.78, 5) is 0. The lowest BCUT2D eigenvalue weighted by molar-refractivity contribution is 0.269. The highest BCUT2D eigenvalue weighted by molar-refractivity contribution is 7.71. The van der Waals surface area contributed by atoms with Crippen molar-refractivity contribution in [3.05, 3.63) is 82.3 Å². The predicted molar refractivity (Wildman–Crippen MR) is 121 cm³/mol. The van der Waals surface area contributed by atoms with E-state index in [1.165, 1.54) is 10.2 Å². The first-order valence-corrected chi connectivity index (χ1v) is 10.3. The van der Waals surface area contributed by atoms with E-state index in [0.29, 0.717) is 41.1 Å². The highest BCUT2D eigenvalue weighted by Crippen LogP contribution is 2.29. The topological polar surface area (TPSA) is 77.6 Å². The van der Waals surface area contributed by atoms with Crippen molar-refractivity contribution in [2.45, 2.75) is 20.5 Å². The lowest BCUT2D eigenvalue weighted by Crippen LogP contribution is -2.01. The molecule has 2 aromatic heterocycles. The van der Waals surface area contributed by atoms with Crippen LogP contribution in [0.15, 0.2) is 70.4 Å². The lowest BCUT2D eigenvalue weighted by atomic mass is 10.2. The maximum atomic E-state index is 5.99. The molecule has 8 heteroatoms. The van der Waals surface area contributed by atoms with Crippen molar-refractivity contribution in [1.82, 2.24) is 14.9 Å². The summed E-state index contributed by atoms with van der Waals surface area (Å²) < 4.78 is 19.0. The summed E-state index contributed by atoms with van der Waals surface area (Å²) in [6.45, 7) is 4.98. The van der Waals surface area contributed by atoms with Gasteiger partial charge in [-0.1, -0.05) is 29.8 Å². The van der Waals surface area contributed by atoms with Gasteiger partial charge in [-0.2, -0.15) is 9.78 Å². The fraction of sp³-hybridized carbons (Fsp3) is 0.174. The van der Waals surface area contributed by atoms with Gasteiger partial charge in [-0.05, 0) is 67.5 Å². The van der Waals surface area contributed by atoms with Crippen LogP contribution < -0.4 is 9.47 Å². The van der Waals surface area contributed by atoms with E-state index in [9.17, 15) is 0 Å². The minimum Gasteiger partial charge on any atom is -0.490 e. The van der Waals surface area contributed by atoms with Crippen LogP contribution in [0.3, 0.4) is 0 Å². The Kier molecular flexibility index (Phi) is 6.28. The number of nitrogens with zero attached hydrogens (tertiary/aromatic N) is 3. The third-order valence-corrected chi connectivity index (χ3v) is 4.76. The van der Waals surface area contributed by atoms with Crippen LogP contribution in [-0.4, -0.2) is 27.7 Å². The van der Waals surface area contributed by atoms with E-state index in [0.717, 1.165) is 11.1 Å². The van der Waals surface area contributed by atoms with Crippen molar-refractivity contribution in [2.75, 3.05) is 6.61 Å². The Bertz CT molecular complexity index is 1220. The molecule has 4 aromatic rings. The SMILES string of the molecule is CCOc1cc(/C=N\n2c(-c3ccco3)n[nH]c2=S)ccc1OCc1ccc(C)cc1. The van der Waals surface area contributed by atoms with Gasteiger partial charge in [0.05, 0.1) is 19.1 Å². The second kappa shape index (κ2) is 9.44. The standard InChI is InChI=1S/C23H22N4O3S/c1-3-28-21-13-18(10-11-19(21)30-15-17-8-6-16(2)7-9-17)14-24-27-22(25-26-23(27)31)20-5-4-12-29-20/h4-14H,3,15H2,1-2H3,(H,26,31)/b24-14-. The molecular formula is C23H22N4O3S. The number of hydrogen-bond acceptors (Lipinski definition) is 6. The molecule has 0 aliphatic carbocycles. The van der Waals surface area contributed by atoms with Crippen molar-refractivity contribution in [3.63, 3.8) is 0 Å². The van der Waals surface area contributed by atoms with Gasteiger partial charge in [0.25, 0.3) is 0 Å². The molecule has 1 N–H and O–H groups in total. The second-order valence-corrected chi connectivity index (χ2v) is 7.19. The van der Waals surface area contributed by atoms with Gasteiger partial charge < -0.3 is 13.9 Å². The van der Waals surface area contributed by atoms with Crippen LogP contribution in [0.4, 0.5) is 0 Å². The highest BCUT2D eigenvalue weighted by atomic mass is 32.1. The minimum atomic E-state index is 0.366. The number of benzene rings is 2. The molecule has 0 aliphatic rings. The molecule has 0 atom stereocenters. The van der Waals surface area contributed by atoms with E-state index < -0.39 is 0 Å². The second-order valence-electron chi connectivity index (χ2n) is 6.80. The maximum Gasteiger partial charge on any atom is 0.219 e. The summed E-state index contributed by atoms with van der Waals surface area (Å²) in [6.07, 6.45) is 3.26. The van der Waals surface area contributed by atoms with Gasteiger partial charge in [-0.25, -0.2) is 5.10 Å². The number of hydrogen-bond donors (Lipinski definition) is 1. The molecule has 2 aromatic carbocycles. The molecule has 0 spiro atoms. The van der Waals surface area contributed by atoms with E-state index in [2.05, 4.69) is 46.5 Å². The molecule has 0 saturated carbocycles. The molecule has 0 radical (unpaired) electrons. The molecule has 0 aliphatic heterocycles. The number of furan rings is 1. The largest absolute Gasteiger partial charge is 0.490 e. The third kappa shape index (κ3) is 4.92. The van der Waals surface area contributed by atoms with Gasteiger partial charge in [0.1, 0.15) is 6.61 Å². The van der Waals surface area contributed by atoms with Gasteiger partial charge in [0.15, 0.2) is 17.3 Å². The lowest BCUT2D eigenvalue weighted by Gasteiger charge is -2.13. The van der Waals surface area contributed by atoms with Gasteiger partial charge in [0.2, 0.25) is 10.6 Å². The van der Waals surface area contributed by atoms with Crippen LogP contribution in [0.25, 0.3) is 11.6 Å². The predicted octanol–water partition coefficient (Wildman–Crippen LogP) is 5.37. The molecule has 2 heterocycles. The number of nitrogens with one attached hydrogen (secondary N) is 1. The van der Waals surface area contributed by atoms with E-state index >= 15 is 0 Å². The van der Waals surface area contributed by atoms with Crippen LogP contribution >= 0.6 is 12.2 Å². The zero-order valence-electron chi connectivity index (χ0n) is 17.2. The Morgan fingerprint density at radius 3 is 2.71 bits per heavy atom. The van der Waals surface area contributed by atoms with Crippen molar-refractivity contribution in [1.29, 1.82) is 0 Å². The summed E-state index contributed by atoms with van der Waals surface area (Å²) in [6, 6.07) is 17.5. The summed E-state index contributed by atoms with van der Waals surface area (Å²) in [7, 11) is 0. The number of H-pyrrole nitrogens is 1. The summed E-state index contributed by atoms with van der Waals surface area (Å²) in [5.74, 6) is 2.39. The van der Waals surface area contributed by atoms with Crippen LogP contribution in [0.2, 0.25) is 0 Å². The number of ether oxygens (including phenoxy) is 2. The molecule has 0 saturated heterocycles. The maximum absolute atomic E-state index is 5.99. The Labute approximate surface area is 184 Å². The van der Waals surface area contributed by atoms with Crippen molar-refractivity contribution >= 4 is 18.4 Å². The number of aromatic nitrogens is 3. The quantitative estimate of drug-likeness (QED) is 0.298. The minimum absolute atomic E-state index is 0.366. The fourth-order valence-corrected chi connectivity index (χ4v) is 3.11. The van der Waals surface area contributed by atoms with E-state index in [1.807, 2.05) is 25.1 Å². The molecular weight excluding hydrogens is 412 g/mol. The zero-order chi connectivity index (χ0) is 21.6. The van der Waals surface area contributed by atoms with Crippen LogP contribution in [0, 0.1) is 11.7 Å². The molecule has 0 unspecified atom stereocenters. The van der Waals surface area contributed by atoms with Crippen molar-refractivity contribution < 1.29 is 13.9 Å². The monoisotopic (exact) mass is 434 g/mol. The summed E-state index contributed by atoms with van der Waals surface area (Å²) >= 11 is 5.28. The van der Waals surface area contributed by atoms with Crippen LogP contribution in [0.1, 0.15) is 23.6 Å². The third-order valence-electron chi connectivity index (χ3n) is 4.50. The van der Waals surface area contributed by atoms with Gasteiger partial charge in [-0.15, -0.1) is 5.10 Å². The van der Waals surface area contributed by atoms with E-state index in [-0.39, 0.29) is 0 Å². The highest BCUT2D eigenvalue weighted by Gasteiger charge is 2.11. The smallest absolute Gasteiger partial charge is 0.219 e. The first-order valence-electron chi connectivity index (χ1n) is 9.85. The Balaban J connectivity index is 1.55. The molecule has 0 amide bonds. The number of aryl methyl sites for hydroxylation is 1. The number of aromatic amines is 1. The normalized spacial score (nSPS) is 11.2. The summed E-state index contributed by atoms with van der Waals surface area (Å²) in [5, 5.41) is 11.4. The van der Waals surface area contributed by atoms with Gasteiger partial charge in [-0.3, -0.25) is 0 Å². The molecule has 7 nitrogen and oxygen atoms in total. The molecule has 158 valence electrons. The molecule has 0 bridgehead atoms. The van der Waals surface area contributed by atoms with Crippen LogP contribution in [-0.2, 0) is 6.61 Å². The average molecular weight is 435 g/mol. The first kappa shape index (κ1) is 20.6. The van der Waals surface area contributed by atoms with E-state index in [1.54, 1.807) is 24.6 Å². The van der Waals surface area contributed by atoms with Gasteiger partial charge in [0, 0.05) is 0 Å². The zero-order valence-corrected chi connectivity index (χ0v) is 18.1. The Hall–Kier alpha value is -3.65. The fourth-order valence-electron chi connectivity index (χ4n) is 2.93. The molecule has 4 rings (SSSR count). The molecule has 0 fully saturated rings. The van der Waals surface area contributed by atoms with Crippen molar-refractivity contribution in [2.24, 2.45) is 5.10 Å². The first-order chi connectivity index (χ1) is 15.1. The Morgan fingerprint density at radius 1 is 1.13 bits per heavy atom. The van der Waals surface area contributed by atoms with Crippen LogP contribution in [0.5, 0.6) is 11.5 Å². The molecule has 31 heavy (non-hydrogen) atoms. The van der Waals surface area contributed by atoms with Crippen molar-refractivity contribution in [3.8, 4) is 23.1 Å². The van der Waals surface area contributed by atoms with Gasteiger partial charge >= 0.3 is 0 Å². The number of rotatable bonds is 8. The summed E-state index contributed by atoms with van der Waals surface area (Å²) in [5.41, 5.74) is 3.15.